The molecule has 0 radical (unpaired) electrons. The molecule has 0 saturated carbocycles. The molecule has 1 fully saturated rings. The van der Waals surface area contributed by atoms with Gasteiger partial charge in [-0.25, -0.2) is 0 Å². The molecule has 0 aromatic heterocycles. The van der Waals surface area contributed by atoms with Gasteiger partial charge in [-0.3, -0.25) is 0 Å². The van der Waals surface area contributed by atoms with Crippen LogP contribution in [0.1, 0.15) is 25.3 Å². The Balaban J connectivity index is 1.54. The summed E-state index contributed by atoms with van der Waals surface area (Å²) in [5, 5.41) is 0. The van der Waals surface area contributed by atoms with Crippen molar-refractivity contribution in [2.45, 2.75) is 32.3 Å². The van der Waals surface area contributed by atoms with Gasteiger partial charge in [-0.1, -0.05) is 25.1 Å². The number of nitrogens with one attached hydrogen (secondary N) is 1. The van der Waals surface area contributed by atoms with E-state index in [9.17, 15) is 8.42 Å². The van der Waals surface area contributed by atoms with Crippen LogP contribution in [-0.2, 0) is 16.6 Å². The van der Waals surface area contributed by atoms with E-state index in [1.807, 2.05) is 24.3 Å². The Morgan fingerprint density at radius 2 is 2.00 bits per heavy atom. The Hall–Kier alpha value is -1.11. The maximum atomic E-state index is 12.3. The van der Waals surface area contributed by atoms with Gasteiger partial charge in [-0.15, -0.1) is 0 Å². The van der Waals surface area contributed by atoms with Crippen molar-refractivity contribution in [2.24, 2.45) is 5.92 Å². The molecule has 116 valence electrons. The number of hydrogen-bond acceptors (Lipinski definition) is 3. The van der Waals surface area contributed by atoms with Crippen LogP contribution in [0.15, 0.2) is 24.3 Å². The van der Waals surface area contributed by atoms with Crippen molar-refractivity contribution in [3.05, 3.63) is 29.8 Å². The number of hydrogen-bond donors (Lipinski definition) is 1. The Morgan fingerprint density at radius 1 is 1.29 bits per heavy atom. The highest BCUT2D eigenvalue weighted by molar-refractivity contribution is 7.87. The van der Waals surface area contributed by atoms with Gasteiger partial charge in [-0.2, -0.15) is 17.4 Å². The van der Waals surface area contributed by atoms with E-state index in [1.165, 1.54) is 0 Å². The first-order valence-electron chi connectivity index (χ1n) is 7.54. The molecule has 1 aromatic rings. The summed E-state index contributed by atoms with van der Waals surface area (Å²) in [6, 6.07) is 7.86. The summed E-state index contributed by atoms with van der Waals surface area (Å²) in [6.45, 7) is 3.72. The Labute approximate surface area is 126 Å². The van der Waals surface area contributed by atoms with Gasteiger partial charge >= 0.3 is 0 Å². The number of rotatable bonds is 4. The summed E-state index contributed by atoms with van der Waals surface area (Å²) in [4.78, 5) is 0. The minimum atomic E-state index is -3.38. The Morgan fingerprint density at radius 3 is 2.71 bits per heavy atom. The molecule has 0 aliphatic carbocycles. The number of para-hydroxylation sites is 1. The van der Waals surface area contributed by atoms with Crippen molar-refractivity contribution >= 4 is 10.2 Å². The summed E-state index contributed by atoms with van der Waals surface area (Å²) < 4.78 is 34.6. The van der Waals surface area contributed by atoms with Crippen molar-refractivity contribution in [1.29, 1.82) is 0 Å². The van der Waals surface area contributed by atoms with E-state index < -0.39 is 10.2 Å². The predicted molar refractivity (Wildman–Crippen MR) is 81.5 cm³/mol. The van der Waals surface area contributed by atoms with E-state index in [-0.39, 0.29) is 6.10 Å². The summed E-state index contributed by atoms with van der Waals surface area (Å²) in [5.74, 6) is 1.48. The van der Waals surface area contributed by atoms with Crippen LogP contribution in [-0.4, -0.2) is 38.5 Å². The molecule has 0 bridgehead atoms. The molecule has 2 aliphatic rings. The molecule has 2 aliphatic heterocycles. The number of piperidine rings is 1. The first-order valence-corrected chi connectivity index (χ1v) is 8.98. The maximum Gasteiger partial charge on any atom is 0.279 e. The number of fused-ring (bicyclic) bond motifs is 1. The average molecular weight is 310 g/mol. The first-order chi connectivity index (χ1) is 10.0. The molecule has 0 unspecified atom stereocenters. The monoisotopic (exact) mass is 310 g/mol. The molecular weight excluding hydrogens is 288 g/mol. The van der Waals surface area contributed by atoms with Gasteiger partial charge in [-0.05, 0) is 30.4 Å². The van der Waals surface area contributed by atoms with E-state index in [0.717, 1.165) is 30.6 Å². The van der Waals surface area contributed by atoms with Crippen molar-refractivity contribution in [1.82, 2.24) is 9.03 Å². The van der Waals surface area contributed by atoms with Gasteiger partial charge in [0, 0.05) is 26.1 Å². The van der Waals surface area contributed by atoms with E-state index in [2.05, 4.69) is 11.6 Å². The van der Waals surface area contributed by atoms with Crippen molar-refractivity contribution in [3.63, 3.8) is 0 Å². The number of ether oxygens (including phenoxy) is 1. The van der Waals surface area contributed by atoms with E-state index in [0.29, 0.717) is 25.6 Å². The SMILES string of the molecule is CC1CCN(S(=O)(=O)NC[C@@H]2Cc3ccccc3O2)CC1. The van der Waals surface area contributed by atoms with Gasteiger partial charge < -0.3 is 4.74 Å². The molecule has 5 nitrogen and oxygen atoms in total. The standard InChI is InChI=1S/C15H22N2O3S/c1-12-6-8-17(9-7-12)21(18,19)16-11-14-10-13-4-2-3-5-15(13)20-14/h2-5,12,14,16H,6-11H2,1H3/t14-/m0/s1. The number of nitrogens with zero attached hydrogens (tertiary/aromatic N) is 1. The molecule has 0 spiro atoms. The van der Waals surface area contributed by atoms with E-state index in [1.54, 1.807) is 4.31 Å². The highest BCUT2D eigenvalue weighted by Crippen LogP contribution is 2.28. The molecule has 2 heterocycles. The summed E-state index contributed by atoms with van der Waals surface area (Å²) in [5.41, 5.74) is 1.15. The summed E-state index contributed by atoms with van der Waals surface area (Å²) in [6.07, 6.45) is 2.52. The lowest BCUT2D eigenvalue weighted by molar-refractivity contribution is 0.232. The van der Waals surface area contributed by atoms with Crippen LogP contribution in [0.3, 0.4) is 0 Å². The third-order valence-corrected chi connectivity index (χ3v) is 5.87. The fraction of sp³-hybridized carbons (Fsp3) is 0.600. The Bertz CT molecular complexity index is 570. The second-order valence-electron chi connectivity index (χ2n) is 5.99. The smallest absolute Gasteiger partial charge is 0.279 e. The molecule has 6 heteroatoms. The molecule has 21 heavy (non-hydrogen) atoms. The summed E-state index contributed by atoms with van der Waals surface area (Å²) in [7, 11) is -3.38. The molecule has 1 N–H and O–H groups in total. The minimum Gasteiger partial charge on any atom is -0.488 e. The topological polar surface area (TPSA) is 58.6 Å². The zero-order valence-corrected chi connectivity index (χ0v) is 13.1. The van der Waals surface area contributed by atoms with Crippen LogP contribution in [0.5, 0.6) is 5.75 Å². The third-order valence-electron chi connectivity index (χ3n) is 4.29. The normalized spacial score (nSPS) is 23.8. The second-order valence-corrected chi connectivity index (χ2v) is 7.74. The van der Waals surface area contributed by atoms with Gasteiger partial charge in [0.15, 0.2) is 0 Å². The van der Waals surface area contributed by atoms with E-state index >= 15 is 0 Å². The summed E-state index contributed by atoms with van der Waals surface area (Å²) >= 11 is 0. The molecular formula is C15H22N2O3S. The van der Waals surface area contributed by atoms with Gasteiger partial charge in [0.1, 0.15) is 11.9 Å². The number of benzene rings is 1. The molecule has 1 saturated heterocycles. The zero-order chi connectivity index (χ0) is 14.9. The van der Waals surface area contributed by atoms with Gasteiger partial charge in [0.2, 0.25) is 0 Å². The van der Waals surface area contributed by atoms with Crippen LogP contribution in [0, 0.1) is 5.92 Å². The average Bonchev–Trinajstić information content (AvgIpc) is 2.89. The predicted octanol–water partition coefficient (Wildman–Crippen LogP) is 1.56. The largest absolute Gasteiger partial charge is 0.488 e. The lowest BCUT2D eigenvalue weighted by Gasteiger charge is -2.29. The molecule has 1 atom stereocenters. The zero-order valence-electron chi connectivity index (χ0n) is 12.3. The molecule has 0 amide bonds. The van der Waals surface area contributed by atoms with Crippen molar-refractivity contribution in [3.8, 4) is 5.75 Å². The van der Waals surface area contributed by atoms with Gasteiger partial charge in [0.05, 0.1) is 0 Å². The fourth-order valence-electron chi connectivity index (χ4n) is 2.88. The molecule has 1 aromatic carbocycles. The van der Waals surface area contributed by atoms with Gasteiger partial charge in [0.25, 0.3) is 10.2 Å². The van der Waals surface area contributed by atoms with Crippen LogP contribution >= 0.6 is 0 Å². The lowest BCUT2D eigenvalue weighted by Crippen LogP contribution is -2.47. The lowest BCUT2D eigenvalue weighted by atomic mass is 10.0. The minimum absolute atomic E-state index is 0.110. The van der Waals surface area contributed by atoms with Crippen molar-refractivity contribution in [2.75, 3.05) is 19.6 Å². The third kappa shape index (κ3) is 3.39. The highest BCUT2D eigenvalue weighted by Gasteiger charge is 2.29. The molecule has 3 rings (SSSR count). The van der Waals surface area contributed by atoms with E-state index in [4.69, 9.17) is 4.74 Å². The van der Waals surface area contributed by atoms with Crippen molar-refractivity contribution < 1.29 is 13.2 Å². The fourth-order valence-corrected chi connectivity index (χ4v) is 4.15. The Kier molecular flexibility index (Phi) is 4.19. The highest BCUT2D eigenvalue weighted by atomic mass is 32.2. The van der Waals surface area contributed by atoms with Crippen LogP contribution in [0.2, 0.25) is 0 Å². The second kappa shape index (κ2) is 5.94. The van der Waals surface area contributed by atoms with Crippen LogP contribution in [0.25, 0.3) is 0 Å². The van der Waals surface area contributed by atoms with Crippen LogP contribution in [0.4, 0.5) is 0 Å². The first kappa shape index (κ1) is 14.8. The van der Waals surface area contributed by atoms with Crippen LogP contribution < -0.4 is 9.46 Å². The maximum absolute atomic E-state index is 12.3. The quantitative estimate of drug-likeness (QED) is 0.918.